The molecule has 1 aliphatic carbocycles. The van der Waals surface area contributed by atoms with Crippen molar-refractivity contribution in [2.45, 2.75) is 31.6 Å². The first-order chi connectivity index (χ1) is 7.79. The minimum absolute atomic E-state index is 0.244. The van der Waals surface area contributed by atoms with Crippen LogP contribution in [0.15, 0.2) is 24.3 Å². The molecule has 0 bridgehead atoms. The molecule has 1 heterocycles. The summed E-state index contributed by atoms with van der Waals surface area (Å²) in [6, 6.07) is 8.37. The van der Waals surface area contributed by atoms with E-state index in [0.29, 0.717) is 11.8 Å². The SMILES string of the molecule is CN1C(=O)[C@@H]2CCCC[C@@H]2c2ccccc21. The maximum absolute atomic E-state index is 12.2. The molecule has 1 amide bonds. The van der Waals surface area contributed by atoms with Crippen LogP contribution in [0.3, 0.4) is 0 Å². The predicted octanol–water partition coefficient (Wildman–Crippen LogP) is 2.94. The average Bonchev–Trinajstić information content (AvgIpc) is 2.36. The van der Waals surface area contributed by atoms with Gasteiger partial charge in [0, 0.05) is 18.7 Å². The van der Waals surface area contributed by atoms with E-state index >= 15 is 0 Å². The predicted molar refractivity (Wildman–Crippen MR) is 64.6 cm³/mol. The van der Waals surface area contributed by atoms with Gasteiger partial charge in [0.15, 0.2) is 0 Å². The molecule has 2 nitrogen and oxygen atoms in total. The van der Waals surface area contributed by atoms with Crippen molar-refractivity contribution < 1.29 is 4.79 Å². The molecular weight excluding hydrogens is 198 g/mol. The monoisotopic (exact) mass is 215 g/mol. The van der Waals surface area contributed by atoms with Gasteiger partial charge in [0.25, 0.3) is 0 Å². The van der Waals surface area contributed by atoms with Gasteiger partial charge >= 0.3 is 0 Å². The quantitative estimate of drug-likeness (QED) is 0.651. The molecule has 1 saturated carbocycles. The van der Waals surface area contributed by atoms with Gasteiger partial charge in [-0.05, 0) is 30.4 Å². The number of amides is 1. The third-order valence-electron chi connectivity index (χ3n) is 4.11. The van der Waals surface area contributed by atoms with Crippen molar-refractivity contribution in [2.24, 2.45) is 5.92 Å². The summed E-state index contributed by atoms with van der Waals surface area (Å²) in [5.41, 5.74) is 2.50. The van der Waals surface area contributed by atoms with Gasteiger partial charge in [-0.3, -0.25) is 4.79 Å². The number of benzene rings is 1. The summed E-state index contributed by atoms with van der Waals surface area (Å²) in [5, 5.41) is 0. The van der Waals surface area contributed by atoms with Crippen molar-refractivity contribution >= 4 is 11.6 Å². The molecular formula is C14H17NO. The first-order valence-electron chi connectivity index (χ1n) is 6.15. The summed E-state index contributed by atoms with van der Waals surface area (Å²) in [4.78, 5) is 14.1. The lowest BCUT2D eigenvalue weighted by Crippen LogP contribution is -2.42. The van der Waals surface area contributed by atoms with Crippen molar-refractivity contribution in [3.05, 3.63) is 29.8 Å². The molecule has 1 aromatic carbocycles. The smallest absolute Gasteiger partial charge is 0.230 e. The number of rotatable bonds is 0. The normalized spacial score (nSPS) is 28.6. The van der Waals surface area contributed by atoms with Crippen LogP contribution in [0.5, 0.6) is 0 Å². The van der Waals surface area contributed by atoms with Crippen molar-refractivity contribution in [1.29, 1.82) is 0 Å². The molecule has 0 aromatic heterocycles. The van der Waals surface area contributed by atoms with Crippen LogP contribution in [-0.2, 0) is 4.79 Å². The van der Waals surface area contributed by atoms with Gasteiger partial charge in [0.05, 0.1) is 0 Å². The number of para-hydroxylation sites is 1. The highest BCUT2D eigenvalue weighted by Crippen LogP contribution is 2.45. The Kier molecular flexibility index (Phi) is 2.23. The van der Waals surface area contributed by atoms with Gasteiger partial charge in [0.2, 0.25) is 5.91 Å². The molecule has 2 atom stereocenters. The molecule has 1 fully saturated rings. The van der Waals surface area contributed by atoms with Crippen LogP contribution < -0.4 is 4.90 Å². The van der Waals surface area contributed by atoms with Gasteiger partial charge in [-0.15, -0.1) is 0 Å². The van der Waals surface area contributed by atoms with Crippen LogP contribution in [0.1, 0.15) is 37.2 Å². The highest BCUT2D eigenvalue weighted by Gasteiger charge is 2.39. The molecule has 2 heteroatoms. The first kappa shape index (κ1) is 9.88. The zero-order valence-electron chi connectivity index (χ0n) is 9.65. The fourth-order valence-corrected chi connectivity index (χ4v) is 3.27. The second-order valence-electron chi connectivity index (χ2n) is 4.95. The van der Waals surface area contributed by atoms with Crippen molar-refractivity contribution in [3.63, 3.8) is 0 Å². The number of hydrogen-bond acceptors (Lipinski definition) is 1. The van der Waals surface area contributed by atoms with Crippen molar-refractivity contribution in [3.8, 4) is 0 Å². The summed E-state index contributed by atoms with van der Waals surface area (Å²) < 4.78 is 0. The number of fused-ring (bicyclic) bond motifs is 3. The molecule has 1 aliphatic heterocycles. The summed E-state index contributed by atoms with van der Waals surface area (Å²) in [5.74, 6) is 1.05. The zero-order chi connectivity index (χ0) is 11.1. The number of carbonyl (C=O) groups excluding carboxylic acids is 1. The van der Waals surface area contributed by atoms with Crippen LogP contribution in [0.2, 0.25) is 0 Å². The van der Waals surface area contributed by atoms with E-state index in [1.807, 2.05) is 18.0 Å². The Morgan fingerprint density at radius 2 is 1.81 bits per heavy atom. The lowest BCUT2D eigenvalue weighted by atomic mass is 9.72. The topological polar surface area (TPSA) is 20.3 Å². The molecule has 1 aromatic rings. The molecule has 16 heavy (non-hydrogen) atoms. The van der Waals surface area contributed by atoms with Crippen LogP contribution in [0.4, 0.5) is 5.69 Å². The van der Waals surface area contributed by atoms with Crippen LogP contribution >= 0.6 is 0 Å². The third-order valence-corrected chi connectivity index (χ3v) is 4.11. The summed E-state index contributed by atoms with van der Waals surface area (Å²) in [6.07, 6.45) is 4.73. The van der Waals surface area contributed by atoms with Crippen LogP contribution in [0, 0.1) is 5.92 Å². The first-order valence-corrected chi connectivity index (χ1v) is 6.15. The van der Waals surface area contributed by atoms with E-state index in [0.717, 1.165) is 12.1 Å². The van der Waals surface area contributed by atoms with Gasteiger partial charge in [-0.2, -0.15) is 0 Å². The molecule has 0 saturated heterocycles. The second kappa shape index (κ2) is 3.62. The van der Waals surface area contributed by atoms with Gasteiger partial charge in [0.1, 0.15) is 0 Å². The van der Waals surface area contributed by atoms with Gasteiger partial charge in [-0.1, -0.05) is 31.0 Å². The standard InChI is InChI=1S/C14H17NO/c1-15-13-9-5-4-7-11(13)10-6-2-3-8-12(10)14(15)16/h4-5,7,9-10,12H,2-3,6,8H2,1H3/t10-,12-/m1/s1. The number of hydrogen-bond donors (Lipinski definition) is 0. The van der Waals surface area contributed by atoms with E-state index < -0.39 is 0 Å². The average molecular weight is 215 g/mol. The zero-order valence-corrected chi connectivity index (χ0v) is 9.65. The molecule has 3 rings (SSSR count). The van der Waals surface area contributed by atoms with E-state index in [2.05, 4.69) is 18.2 Å². The van der Waals surface area contributed by atoms with Crippen molar-refractivity contribution in [2.75, 3.05) is 11.9 Å². The van der Waals surface area contributed by atoms with E-state index in [1.165, 1.54) is 24.8 Å². The number of carbonyl (C=O) groups is 1. The minimum atomic E-state index is 0.244. The Balaban J connectivity index is 2.11. The summed E-state index contributed by atoms with van der Waals surface area (Å²) >= 11 is 0. The Hall–Kier alpha value is -1.31. The van der Waals surface area contributed by atoms with Crippen LogP contribution in [-0.4, -0.2) is 13.0 Å². The highest BCUT2D eigenvalue weighted by molar-refractivity contribution is 5.98. The summed E-state index contributed by atoms with van der Waals surface area (Å²) in [6.45, 7) is 0. The molecule has 0 N–H and O–H groups in total. The summed E-state index contributed by atoms with van der Waals surface area (Å²) in [7, 11) is 1.91. The highest BCUT2D eigenvalue weighted by atomic mass is 16.2. The van der Waals surface area contributed by atoms with E-state index in [9.17, 15) is 4.79 Å². The van der Waals surface area contributed by atoms with E-state index in [4.69, 9.17) is 0 Å². The maximum Gasteiger partial charge on any atom is 0.230 e. The molecule has 0 unspecified atom stereocenters. The fraction of sp³-hybridized carbons (Fsp3) is 0.500. The minimum Gasteiger partial charge on any atom is -0.315 e. The Labute approximate surface area is 96.3 Å². The van der Waals surface area contributed by atoms with Gasteiger partial charge < -0.3 is 4.90 Å². The second-order valence-corrected chi connectivity index (χ2v) is 4.95. The Morgan fingerprint density at radius 1 is 1.12 bits per heavy atom. The van der Waals surface area contributed by atoms with E-state index in [1.54, 1.807) is 0 Å². The third kappa shape index (κ3) is 1.29. The number of anilines is 1. The Morgan fingerprint density at radius 3 is 2.62 bits per heavy atom. The Bertz CT molecular complexity index is 426. The molecule has 84 valence electrons. The van der Waals surface area contributed by atoms with E-state index in [-0.39, 0.29) is 5.92 Å². The largest absolute Gasteiger partial charge is 0.315 e. The number of nitrogens with zero attached hydrogens (tertiary/aromatic N) is 1. The van der Waals surface area contributed by atoms with Gasteiger partial charge in [-0.25, -0.2) is 0 Å². The molecule has 2 aliphatic rings. The fourth-order valence-electron chi connectivity index (χ4n) is 3.27. The molecule has 0 radical (unpaired) electrons. The van der Waals surface area contributed by atoms with Crippen LogP contribution in [0.25, 0.3) is 0 Å². The lowest BCUT2D eigenvalue weighted by molar-refractivity contribution is -0.124. The van der Waals surface area contributed by atoms with Crippen molar-refractivity contribution in [1.82, 2.24) is 0 Å². The lowest BCUT2D eigenvalue weighted by Gasteiger charge is -2.40. The molecule has 0 spiro atoms. The maximum atomic E-state index is 12.2.